The van der Waals surface area contributed by atoms with Gasteiger partial charge in [-0.3, -0.25) is 4.79 Å². The van der Waals surface area contributed by atoms with Gasteiger partial charge in [0.1, 0.15) is 5.75 Å². The fourth-order valence-electron chi connectivity index (χ4n) is 2.90. The maximum absolute atomic E-state index is 12.7. The van der Waals surface area contributed by atoms with Crippen LogP contribution in [0.1, 0.15) is 21.5 Å². The van der Waals surface area contributed by atoms with E-state index in [-0.39, 0.29) is 5.91 Å². The zero-order chi connectivity index (χ0) is 18.7. The first-order valence-corrected chi connectivity index (χ1v) is 10.6. The molecule has 1 aromatic heterocycles. The van der Waals surface area contributed by atoms with Gasteiger partial charge in [-0.05, 0) is 55.5 Å². The number of methoxy groups -OCH3 is 1. The Morgan fingerprint density at radius 3 is 2.81 bits per heavy atom. The summed E-state index contributed by atoms with van der Waals surface area (Å²) in [6, 6.07) is 11.5. The van der Waals surface area contributed by atoms with Crippen molar-refractivity contribution in [2.24, 2.45) is 4.99 Å². The Hall–Kier alpha value is -2.05. The fourth-order valence-corrected chi connectivity index (χ4v) is 4.37. The minimum Gasteiger partial charge on any atom is -0.497 e. The largest absolute Gasteiger partial charge is 0.497 e. The quantitative estimate of drug-likeness (QED) is 0.651. The molecule has 2 aromatic carbocycles. The summed E-state index contributed by atoms with van der Waals surface area (Å²) in [5, 5.41) is 0. The van der Waals surface area contributed by atoms with Gasteiger partial charge in [0.05, 0.1) is 17.3 Å². The van der Waals surface area contributed by atoms with Crippen LogP contribution in [0.2, 0.25) is 0 Å². The number of ether oxygens (including phenoxy) is 1. The van der Waals surface area contributed by atoms with E-state index in [1.807, 2.05) is 12.1 Å². The first-order chi connectivity index (χ1) is 12.5. The lowest BCUT2D eigenvalue weighted by Crippen LogP contribution is -2.18. The predicted molar refractivity (Wildman–Crippen MR) is 111 cm³/mol. The van der Waals surface area contributed by atoms with Crippen molar-refractivity contribution in [3.8, 4) is 5.75 Å². The number of fused-ring (bicyclic) bond motifs is 1. The number of amides is 1. The minimum atomic E-state index is -0.247. The molecule has 26 heavy (non-hydrogen) atoms. The lowest BCUT2D eigenvalue weighted by Gasteiger charge is -2.06. The smallest absolute Gasteiger partial charge is 0.279 e. The highest BCUT2D eigenvalue weighted by molar-refractivity contribution is 7.98. The van der Waals surface area contributed by atoms with E-state index < -0.39 is 0 Å². The third-order valence-electron chi connectivity index (χ3n) is 4.15. The predicted octanol–water partition coefficient (Wildman–Crippen LogP) is 4.43. The van der Waals surface area contributed by atoms with Gasteiger partial charge in [0.25, 0.3) is 5.91 Å². The lowest BCUT2D eigenvalue weighted by molar-refractivity contribution is 0.0997. The molecular weight excluding hydrogens is 364 g/mol. The van der Waals surface area contributed by atoms with Crippen LogP contribution in [-0.4, -0.2) is 29.6 Å². The van der Waals surface area contributed by atoms with Gasteiger partial charge in [-0.15, -0.1) is 0 Å². The summed E-state index contributed by atoms with van der Waals surface area (Å²) in [6.07, 6.45) is 2.09. The Bertz CT molecular complexity index is 1020. The van der Waals surface area contributed by atoms with Gasteiger partial charge < -0.3 is 9.30 Å². The number of thiazole rings is 1. The molecule has 3 aromatic rings. The van der Waals surface area contributed by atoms with Crippen LogP contribution in [0.3, 0.4) is 0 Å². The molecule has 0 saturated carbocycles. The number of thioether (sulfide) groups is 1. The van der Waals surface area contributed by atoms with Crippen LogP contribution in [0.15, 0.2) is 41.4 Å². The van der Waals surface area contributed by atoms with Gasteiger partial charge >= 0.3 is 0 Å². The van der Waals surface area contributed by atoms with Crippen molar-refractivity contribution in [3.05, 3.63) is 57.9 Å². The Balaban J connectivity index is 2.14. The summed E-state index contributed by atoms with van der Waals surface area (Å²) >= 11 is 3.36. The Morgan fingerprint density at radius 1 is 1.27 bits per heavy atom. The van der Waals surface area contributed by atoms with Crippen molar-refractivity contribution in [3.63, 3.8) is 0 Å². The highest BCUT2D eigenvalue weighted by Crippen LogP contribution is 2.24. The van der Waals surface area contributed by atoms with Crippen LogP contribution >= 0.6 is 23.1 Å². The van der Waals surface area contributed by atoms with E-state index in [2.05, 4.69) is 41.8 Å². The third kappa shape index (κ3) is 3.86. The molecule has 4 nitrogen and oxygen atoms in total. The molecule has 0 radical (unpaired) electrons. The summed E-state index contributed by atoms with van der Waals surface area (Å²) in [5.74, 6) is 1.38. The van der Waals surface area contributed by atoms with E-state index in [0.29, 0.717) is 11.3 Å². The molecule has 0 aliphatic heterocycles. The number of carbonyl (C=O) groups is 1. The second-order valence-electron chi connectivity index (χ2n) is 6.11. The van der Waals surface area contributed by atoms with Gasteiger partial charge in [0, 0.05) is 17.9 Å². The number of aromatic nitrogens is 1. The van der Waals surface area contributed by atoms with E-state index >= 15 is 0 Å². The first kappa shape index (κ1) is 18.7. The van der Waals surface area contributed by atoms with Crippen LogP contribution < -0.4 is 9.54 Å². The van der Waals surface area contributed by atoms with Gasteiger partial charge in [-0.2, -0.15) is 16.8 Å². The number of aryl methyl sites for hydroxylation is 3. The topological polar surface area (TPSA) is 43.6 Å². The molecule has 0 saturated heterocycles. The van der Waals surface area contributed by atoms with Crippen LogP contribution in [0, 0.1) is 13.8 Å². The molecule has 0 aliphatic rings. The van der Waals surface area contributed by atoms with Crippen molar-refractivity contribution in [2.45, 2.75) is 20.4 Å². The standard InChI is InChI=1S/C20H22N2O2S2/c1-13-10-14(2)18-17(11-13)22(8-9-25-4)20(26-18)21-19(23)15-6-5-7-16(12-15)24-3/h5-7,10-12H,8-9H2,1-4H3. The maximum Gasteiger partial charge on any atom is 0.279 e. The second kappa shape index (κ2) is 8.10. The minimum absolute atomic E-state index is 0.247. The van der Waals surface area contributed by atoms with Gasteiger partial charge in [0.15, 0.2) is 4.80 Å². The average Bonchev–Trinajstić information content (AvgIpc) is 2.97. The molecule has 0 N–H and O–H groups in total. The maximum atomic E-state index is 12.7. The van der Waals surface area contributed by atoms with Gasteiger partial charge in [-0.1, -0.05) is 23.5 Å². The number of hydrogen-bond donors (Lipinski definition) is 0. The first-order valence-electron chi connectivity index (χ1n) is 8.36. The number of benzene rings is 2. The zero-order valence-corrected chi connectivity index (χ0v) is 17.0. The molecule has 1 heterocycles. The van der Waals surface area contributed by atoms with E-state index in [1.54, 1.807) is 42.3 Å². The average molecular weight is 387 g/mol. The molecule has 1 amide bonds. The number of carbonyl (C=O) groups excluding carboxylic acids is 1. The summed E-state index contributed by atoms with van der Waals surface area (Å²) in [7, 11) is 1.59. The number of rotatable bonds is 5. The number of hydrogen-bond acceptors (Lipinski definition) is 4. The van der Waals surface area contributed by atoms with Crippen LogP contribution in [0.4, 0.5) is 0 Å². The molecule has 6 heteroatoms. The molecule has 0 aliphatic carbocycles. The van der Waals surface area contributed by atoms with Crippen molar-refractivity contribution < 1.29 is 9.53 Å². The van der Waals surface area contributed by atoms with E-state index in [4.69, 9.17) is 4.74 Å². The summed E-state index contributed by atoms with van der Waals surface area (Å²) in [6.45, 7) is 5.04. The van der Waals surface area contributed by atoms with Crippen molar-refractivity contribution in [2.75, 3.05) is 19.1 Å². The van der Waals surface area contributed by atoms with Crippen molar-refractivity contribution >= 4 is 39.2 Å². The summed E-state index contributed by atoms with van der Waals surface area (Å²) in [4.78, 5) is 17.9. The SMILES string of the molecule is COc1cccc(C(=O)N=c2sc3c(C)cc(C)cc3n2CCSC)c1. The Morgan fingerprint density at radius 2 is 2.08 bits per heavy atom. The van der Waals surface area contributed by atoms with Gasteiger partial charge in [-0.25, -0.2) is 0 Å². The summed E-state index contributed by atoms with van der Waals surface area (Å²) in [5.41, 5.74) is 4.12. The monoisotopic (exact) mass is 386 g/mol. The molecule has 0 fully saturated rings. The lowest BCUT2D eigenvalue weighted by atomic mass is 10.1. The van der Waals surface area contributed by atoms with Crippen LogP contribution in [-0.2, 0) is 6.54 Å². The molecule has 136 valence electrons. The van der Waals surface area contributed by atoms with Crippen LogP contribution in [0.5, 0.6) is 5.75 Å². The molecule has 0 atom stereocenters. The van der Waals surface area contributed by atoms with Crippen LogP contribution in [0.25, 0.3) is 10.2 Å². The second-order valence-corrected chi connectivity index (χ2v) is 8.07. The normalized spacial score (nSPS) is 11.9. The number of nitrogens with zero attached hydrogens (tertiary/aromatic N) is 2. The van der Waals surface area contributed by atoms with Crippen molar-refractivity contribution in [1.29, 1.82) is 0 Å². The third-order valence-corrected chi connectivity index (χ3v) is 5.97. The molecule has 0 unspecified atom stereocenters. The fraction of sp³-hybridized carbons (Fsp3) is 0.300. The molecule has 0 spiro atoms. The van der Waals surface area contributed by atoms with E-state index in [1.165, 1.54) is 15.8 Å². The Kier molecular flexibility index (Phi) is 5.84. The zero-order valence-electron chi connectivity index (χ0n) is 15.4. The highest BCUT2D eigenvalue weighted by Gasteiger charge is 2.12. The molecule has 3 rings (SSSR count). The van der Waals surface area contributed by atoms with E-state index in [9.17, 15) is 4.79 Å². The highest BCUT2D eigenvalue weighted by atomic mass is 32.2. The molecular formula is C20H22N2O2S2. The van der Waals surface area contributed by atoms with E-state index in [0.717, 1.165) is 22.6 Å². The van der Waals surface area contributed by atoms with Gasteiger partial charge in [0.2, 0.25) is 0 Å². The Labute approximate surface area is 161 Å². The summed E-state index contributed by atoms with van der Waals surface area (Å²) < 4.78 is 8.56. The molecule has 0 bridgehead atoms. The van der Waals surface area contributed by atoms with Crippen molar-refractivity contribution in [1.82, 2.24) is 4.57 Å².